The Morgan fingerprint density at radius 3 is 1.75 bits per heavy atom. The average molecular weight is 299 g/mol. The summed E-state index contributed by atoms with van der Waals surface area (Å²) >= 11 is 0. The first kappa shape index (κ1) is 19.7. The van der Waals surface area contributed by atoms with Gasteiger partial charge in [-0.15, -0.1) is 0 Å². The van der Waals surface area contributed by atoms with E-state index in [1.54, 1.807) is 6.92 Å². The maximum absolute atomic E-state index is 10.4. The van der Waals surface area contributed by atoms with E-state index < -0.39 is 19.5 Å². The average Bonchev–Trinajstić information content (AvgIpc) is 2.08. The molecule has 0 aromatic heterocycles. The third-order valence-electron chi connectivity index (χ3n) is 2.73. The van der Waals surface area contributed by atoms with Gasteiger partial charge in [-0.25, -0.2) is 0 Å². The summed E-state index contributed by atoms with van der Waals surface area (Å²) in [6.07, 6.45) is 1.58. The quantitative estimate of drug-likeness (QED) is 0.580. The molecule has 0 aromatic rings. The van der Waals surface area contributed by atoms with Gasteiger partial charge in [0, 0.05) is 0 Å². The molecule has 2 unspecified atom stereocenters. The second-order valence-electron chi connectivity index (χ2n) is 8.17. The van der Waals surface area contributed by atoms with Crippen molar-refractivity contribution in [3.8, 4) is 11.8 Å². The molecule has 3 heteroatoms. The van der Waals surface area contributed by atoms with Crippen LogP contribution in [0.4, 0.5) is 0 Å². The number of aliphatic hydroxyl groups is 1. The number of hydrogen-bond acceptors (Lipinski definition) is 2. The van der Waals surface area contributed by atoms with Crippen LogP contribution in [-0.4, -0.2) is 24.6 Å². The van der Waals surface area contributed by atoms with Gasteiger partial charge in [0.25, 0.3) is 0 Å². The van der Waals surface area contributed by atoms with Gasteiger partial charge in [0.2, 0.25) is 0 Å². The molecule has 0 aliphatic carbocycles. The molecule has 0 aliphatic heterocycles. The van der Waals surface area contributed by atoms with Crippen LogP contribution in [0.15, 0.2) is 0 Å². The molecule has 0 aromatic carbocycles. The molecular formula is C17H34O2Si. The standard InChI is InChI=1S/C17H34O2Si/c1-14(2)12-16(5,18)10-11-17(6,13-15(3)4)19-20(7,8)9/h14-15,18H,12-13H2,1-9H3. The van der Waals surface area contributed by atoms with E-state index in [0.29, 0.717) is 18.3 Å². The maximum Gasteiger partial charge on any atom is 0.185 e. The van der Waals surface area contributed by atoms with E-state index in [9.17, 15) is 5.11 Å². The summed E-state index contributed by atoms with van der Waals surface area (Å²) in [7, 11) is -1.67. The molecule has 0 aliphatic rings. The number of rotatable bonds is 6. The van der Waals surface area contributed by atoms with Crippen LogP contribution in [-0.2, 0) is 4.43 Å². The molecule has 0 spiro atoms. The Hall–Kier alpha value is -0.303. The topological polar surface area (TPSA) is 29.5 Å². The molecular weight excluding hydrogens is 264 g/mol. The minimum atomic E-state index is -1.67. The molecule has 0 fully saturated rings. The van der Waals surface area contributed by atoms with Crippen LogP contribution in [0, 0.1) is 23.7 Å². The summed E-state index contributed by atoms with van der Waals surface area (Å²) in [5, 5.41) is 10.4. The van der Waals surface area contributed by atoms with E-state index in [0.717, 1.165) is 6.42 Å². The van der Waals surface area contributed by atoms with Gasteiger partial charge in [-0.2, -0.15) is 0 Å². The predicted octanol–water partition coefficient (Wildman–Crippen LogP) is 4.44. The van der Waals surface area contributed by atoms with Crippen LogP contribution in [0.1, 0.15) is 54.4 Å². The lowest BCUT2D eigenvalue weighted by Crippen LogP contribution is -2.41. The van der Waals surface area contributed by atoms with E-state index >= 15 is 0 Å². The van der Waals surface area contributed by atoms with Crippen molar-refractivity contribution in [2.45, 2.75) is 85.2 Å². The zero-order valence-electron chi connectivity index (χ0n) is 14.9. The fraction of sp³-hybridized carbons (Fsp3) is 0.882. The SMILES string of the molecule is CC(C)CC(C)(O)C#CC(C)(CC(C)C)O[Si](C)(C)C. The second-order valence-corrected chi connectivity index (χ2v) is 12.6. The fourth-order valence-electron chi connectivity index (χ4n) is 2.69. The zero-order valence-corrected chi connectivity index (χ0v) is 15.9. The first-order chi connectivity index (χ1) is 8.75. The molecule has 0 heterocycles. The van der Waals surface area contributed by atoms with E-state index in [4.69, 9.17) is 4.43 Å². The van der Waals surface area contributed by atoms with Crippen molar-refractivity contribution >= 4 is 8.32 Å². The molecule has 0 amide bonds. The molecule has 0 rings (SSSR count). The molecule has 1 N–H and O–H groups in total. The van der Waals surface area contributed by atoms with Crippen LogP contribution in [0.3, 0.4) is 0 Å². The Morgan fingerprint density at radius 2 is 1.40 bits per heavy atom. The smallest absolute Gasteiger partial charge is 0.185 e. The summed E-state index contributed by atoms with van der Waals surface area (Å²) < 4.78 is 6.29. The van der Waals surface area contributed by atoms with Crippen molar-refractivity contribution in [3.63, 3.8) is 0 Å². The molecule has 0 saturated carbocycles. The monoisotopic (exact) mass is 298 g/mol. The Morgan fingerprint density at radius 1 is 0.950 bits per heavy atom. The Kier molecular flexibility index (Phi) is 7.00. The minimum absolute atomic E-state index is 0.425. The van der Waals surface area contributed by atoms with Gasteiger partial charge in [-0.05, 0) is 58.2 Å². The van der Waals surface area contributed by atoms with Crippen LogP contribution >= 0.6 is 0 Å². The highest BCUT2D eigenvalue weighted by atomic mass is 28.4. The highest BCUT2D eigenvalue weighted by Crippen LogP contribution is 2.25. The normalized spacial score (nSPS) is 18.4. The van der Waals surface area contributed by atoms with E-state index in [1.807, 2.05) is 0 Å². The van der Waals surface area contributed by atoms with Crippen LogP contribution in [0.2, 0.25) is 19.6 Å². The predicted molar refractivity (Wildman–Crippen MR) is 90.1 cm³/mol. The van der Waals surface area contributed by atoms with Crippen molar-refractivity contribution in [2.75, 3.05) is 0 Å². The van der Waals surface area contributed by atoms with Crippen molar-refractivity contribution in [1.29, 1.82) is 0 Å². The Bertz CT molecular complexity index is 355. The van der Waals surface area contributed by atoms with E-state index in [1.165, 1.54) is 0 Å². The molecule has 20 heavy (non-hydrogen) atoms. The number of hydrogen-bond donors (Lipinski definition) is 1. The molecule has 118 valence electrons. The van der Waals surface area contributed by atoms with E-state index in [-0.39, 0.29) is 0 Å². The Labute approximate surface area is 127 Å². The lowest BCUT2D eigenvalue weighted by Gasteiger charge is -2.34. The second kappa shape index (κ2) is 7.11. The van der Waals surface area contributed by atoms with Crippen LogP contribution in [0.25, 0.3) is 0 Å². The molecule has 2 atom stereocenters. The van der Waals surface area contributed by atoms with Gasteiger partial charge >= 0.3 is 0 Å². The summed E-state index contributed by atoms with van der Waals surface area (Å²) in [6, 6.07) is 0. The van der Waals surface area contributed by atoms with Gasteiger partial charge < -0.3 is 9.53 Å². The first-order valence-corrected chi connectivity index (χ1v) is 11.1. The minimum Gasteiger partial charge on any atom is -0.402 e. The summed E-state index contributed by atoms with van der Waals surface area (Å²) in [4.78, 5) is 0. The molecule has 0 bridgehead atoms. The van der Waals surface area contributed by atoms with Gasteiger partial charge in [0.05, 0.1) is 0 Å². The lowest BCUT2D eigenvalue weighted by molar-refractivity contribution is 0.0922. The van der Waals surface area contributed by atoms with E-state index in [2.05, 4.69) is 66.1 Å². The highest BCUT2D eigenvalue weighted by Gasteiger charge is 2.31. The van der Waals surface area contributed by atoms with Gasteiger partial charge in [0.15, 0.2) is 8.32 Å². The van der Waals surface area contributed by atoms with Gasteiger partial charge in [0.1, 0.15) is 11.2 Å². The lowest BCUT2D eigenvalue weighted by atomic mass is 9.91. The third-order valence-corrected chi connectivity index (χ3v) is 3.79. The maximum atomic E-state index is 10.4. The van der Waals surface area contributed by atoms with Crippen molar-refractivity contribution in [1.82, 2.24) is 0 Å². The molecule has 0 radical (unpaired) electrons. The zero-order chi connectivity index (χ0) is 16.2. The summed E-state index contributed by atoms with van der Waals surface area (Å²) in [5.74, 6) is 7.24. The largest absolute Gasteiger partial charge is 0.402 e. The van der Waals surface area contributed by atoms with Crippen LogP contribution < -0.4 is 0 Å². The highest BCUT2D eigenvalue weighted by molar-refractivity contribution is 6.69. The van der Waals surface area contributed by atoms with Crippen molar-refractivity contribution in [2.24, 2.45) is 11.8 Å². The van der Waals surface area contributed by atoms with Gasteiger partial charge in [-0.3, -0.25) is 0 Å². The Balaban J connectivity index is 5.18. The van der Waals surface area contributed by atoms with Crippen molar-refractivity contribution in [3.05, 3.63) is 0 Å². The first-order valence-electron chi connectivity index (χ1n) is 7.71. The van der Waals surface area contributed by atoms with Crippen LogP contribution in [0.5, 0.6) is 0 Å². The summed E-state index contributed by atoms with van der Waals surface area (Å²) in [5.41, 5.74) is -1.39. The van der Waals surface area contributed by atoms with Crippen molar-refractivity contribution < 1.29 is 9.53 Å². The van der Waals surface area contributed by atoms with Gasteiger partial charge in [-0.1, -0.05) is 39.5 Å². The summed E-state index contributed by atoms with van der Waals surface area (Å²) in [6.45, 7) is 19.0. The fourth-order valence-corrected chi connectivity index (χ4v) is 4.17. The third kappa shape index (κ3) is 9.58. The molecule has 2 nitrogen and oxygen atoms in total. The molecule has 0 saturated heterocycles.